The Kier molecular flexibility index (Phi) is 12.1. The van der Waals surface area contributed by atoms with E-state index in [0.717, 1.165) is 11.1 Å². The molecule has 0 aliphatic heterocycles. The van der Waals surface area contributed by atoms with Gasteiger partial charge in [-0.3, -0.25) is 18.7 Å². The standard InChI is InChI=1S/C29H38N2O10S2/c1-19(2)27(32)30-23-17-21(9-11-25(23)40-13-7-15-42(34,35)36)29(5,6)22-10-12-26(41-14-8-16-43(37,38)39)24(18-22)31-28(33)20(3)4/h9-12,17-18H,1,3,7-8,13-16H2,2,4-6H3,(H,30,32)(H,31,33)(H,34,35,36)(H,37,38,39). The molecule has 0 heterocycles. The third-order valence-electron chi connectivity index (χ3n) is 6.28. The predicted octanol–water partition coefficient (Wildman–Crippen LogP) is 4.36. The van der Waals surface area contributed by atoms with Gasteiger partial charge in [-0.25, -0.2) is 0 Å². The SMILES string of the molecule is C=C(C)C(=O)Nc1cc(C(C)(C)c2ccc(OCCCS(=O)(=O)O)c(NC(=O)C(=C)C)c2)ccc1OCCCS(=O)(=O)O. The molecule has 4 N–H and O–H groups in total. The van der Waals surface area contributed by atoms with Crippen molar-refractivity contribution in [1.29, 1.82) is 0 Å². The molecular formula is C29H38N2O10S2. The molecule has 0 aliphatic rings. The predicted molar refractivity (Wildman–Crippen MR) is 165 cm³/mol. The highest BCUT2D eigenvalue weighted by Gasteiger charge is 2.26. The topological polar surface area (TPSA) is 185 Å². The first-order valence-electron chi connectivity index (χ1n) is 13.2. The minimum absolute atomic E-state index is 0.0306. The molecule has 43 heavy (non-hydrogen) atoms. The maximum Gasteiger partial charge on any atom is 0.264 e. The van der Waals surface area contributed by atoms with Gasteiger partial charge in [0.05, 0.1) is 36.1 Å². The summed E-state index contributed by atoms with van der Waals surface area (Å²) in [5, 5.41) is 5.50. The molecule has 0 spiro atoms. The van der Waals surface area contributed by atoms with Gasteiger partial charge in [-0.1, -0.05) is 39.1 Å². The number of hydrogen-bond acceptors (Lipinski definition) is 8. The van der Waals surface area contributed by atoms with Gasteiger partial charge in [-0.15, -0.1) is 0 Å². The highest BCUT2D eigenvalue weighted by atomic mass is 32.2. The molecule has 2 aromatic carbocycles. The molecule has 2 amide bonds. The summed E-state index contributed by atoms with van der Waals surface area (Å²) in [6, 6.07) is 10.3. The Morgan fingerprint density at radius 2 is 1.09 bits per heavy atom. The Morgan fingerprint density at radius 1 is 0.744 bits per heavy atom. The highest BCUT2D eigenvalue weighted by Crippen LogP contribution is 2.39. The molecule has 0 atom stereocenters. The van der Waals surface area contributed by atoms with Gasteiger partial charge < -0.3 is 20.1 Å². The zero-order valence-electron chi connectivity index (χ0n) is 24.6. The average Bonchev–Trinajstić information content (AvgIpc) is 2.88. The Labute approximate surface area is 252 Å². The van der Waals surface area contributed by atoms with Crippen LogP contribution in [0.5, 0.6) is 11.5 Å². The van der Waals surface area contributed by atoms with Crippen LogP contribution in [-0.2, 0) is 35.2 Å². The summed E-state index contributed by atoms with van der Waals surface area (Å²) in [4.78, 5) is 24.9. The van der Waals surface area contributed by atoms with Crippen LogP contribution in [0.2, 0.25) is 0 Å². The molecule has 12 nitrogen and oxygen atoms in total. The molecule has 0 radical (unpaired) electrons. The van der Waals surface area contributed by atoms with Crippen LogP contribution in [0.1, 0.15) is 51.7 Å². The summed E-state index contributed by atoms with van der Waals surface area (Å²) in [7, 11) is -8.29. The van der Waals surface area contributed by atoms with Crippen molar-refractivity contribution in [3.05, 3.63) is 71.8 Å². The van der Waals surface area contributed by atoms with Gasteiger partial charge in [0.2, 0.25) is 0 Å². The van der Waals surface area contributed by atoms with Crippen molar-refractivity contribution in [2.75, 3.05) is 35.4 Å². The fraction of sp³-hybridized carbons (Fsp3) is 0.379. The van der Waals surface area contributed by atoms with Crippen LogP contribution in [0.3, 0.4) is 0 Å². The van der Waals surface area contributed by atoms with Crippen LogP contribution in [0.15, 0.2) is 60.7 Å². The molecule has 0 saturated carbocycles. The van der Waals surface area contributed by atoms with Crippen molar-refractivity contribution in [3.63, 3.8) is 0 Å². The Hall–Kier alpha value is -3.72. The maximum atomic E-state index is 12.5. The third-order valence-corrected chi connectivity index (χ3v) is 7.89. The number of ether oxygens (including phenoxy) is 2. The Bertz CT molecular complexity index is 1480. The van der Waals surface area contributed by atoms with E-state index < -0.39 is 49.0 Å². The van der Waals surface area contributed by atoms with Crippen LogP contribution < -0.4 is 20.1 Å². The first-order valence-corrected chi connectivity index (χ1v) is 16.4. The second-order valence-electron chi connectivity index (χ2n) is 10.5. The fourth-order valence-corrected chi connectivity index (χ4v) is 4.72. The van der Waals surface area contributed by atoms with Crippen molar-refractivity contribution < 1.29 is 45.0 Å². The van der Waals surface area contributed by atoms with Crippen molar-refractivity contribution in [2.24, 2.45) is 0 Å². The van der Waals surface area contributed by atoms with Gasteiger partial charge in [0, 0.05) is 16.6 Å². The van der Waals surface area contributed by atoms with E-state index in [4.69, 9.17) is 18.6 Å². The van der Waals surface area contributed by atoms with E-state index in [1.54, 1.807) is 50.2 Å². The summed E-state index contributed by atoms with van der Waals surface area (Å²) in [5.41, 5.74) is 1.93. The normalized spacial score (nSPS) is 11.9. The van der Waals surface area contributed by atoms with Gasteiger partial charge in [0.1, 0.15) is 11.5 Å². The fourth-order valence-electron chi connectivity index (χ4n) is 3.76. The second-order valence-corrected chi connectivity index (χ2v) is 13.6. The molecule has 0 bridgehead atoms. The first kappa shape index (κ1) is 35.5. The largest absolute Gasteiger partial charge is 0.491 e. The summed E-state index contributed by atoms with van der Waals surface area (Å²) in [6.07, 6.45) is 0.0612. The molecule has 0 fully saturated rings. The first-order chi connectivity index (χ1) is 19.8. The zero-order valence-corrected chi connectivity index (χ0v) is 26.2. The van der Waals surface area contributed by atoms with E-state index in [0.29, 0.717) is 11.4 Å². The third kappa shape index (κ3) is 11.5. The van der Waals surface area contributed by atoms with E-state index in [9.17, 15) is 26.4 Å². The van der Waals surface area contributed by atoms with Crippen LogP contribution >= 0.6 is 0 Å². The number of rotatable bonds is 16. The smallest absolute Gasteiger partial charge is 0.264 e. The van der Waals surface area contributed by atoms with E-state index in [-0.39, 0.29) is 48.7 Å². The van der Waals surface area contributed by atoms with Crippen molar-refractivity contribution in [2.45, 2.75) is 46.0 Å². The van der Waals surface area contributed by atoms with Crippen molar-refractivity contribution in [1.82, 2.24) is 0 Å². The van der Waals surface area contributed by atoms with Gasteiger partial charge in [0.15, 0.2) is 0 Å². The van der Waals surface area contributed by atoms with Crippen molar-refractivity contribution in [3.8, 4) is 11.5 Å². The van der Waals surface area contributed by atoms with Gasteiger partial charge >= 0.3 is 0 Å². The molecule has 0 aliphatic carbocycles. The van der Waals surface area contributed by atoms with E-state index in [1.165, 1.54) is 0 Å². The van der Waals surface area contributed by atoms with E-state index in [2.05, 4.69) is 23.8 Å². The van der Waals surface area contributed by atoms with E-state index >= 15 is 0 Å². The molecular weight excluding hydrogens is 600 g/mol. The number of carbonyl (C=O) groups excluding carboxylic acids is 2. The van der Waals surface area contributed by atoms with Gasteiger partial charge in [-0.05, 0) is 62.1 Å². The molecule has 2 rings (SSSR count). The maximum absolute atomic E-state index is 12.5. The minimum Gasteiger partial charge on any atom is -0.491 e. The highest BCUT2D eigenvalue weighted by molar-refractivity contribution is 7.86. The zero-order chi connectivity index (χ0) is 32.6. The lowest BCUT2D eigenvalue weighted by molar-refractivity contribution is -0.113. The Morgan fingerprint density at radius 3 is 1.40 bits per heavy atom. The molecule has 0 aromatic heterocycles. The van der Waals surface area contributed by atoms with Crippen LogP contribution in [0.4, 0.5) is 11.4 Å². The van der Waals surface area contributed by atoms with Gasteiger partial charge in [0.25, 0.3) is 32.1 Å². The van der Waals surface area contributed by atoms with Gasteiger partial charge in [-0.2, -0.15) is 16.8 Å². The quantitative estimate of drug-likeness (QED) is 0.117. The molecule has 236 valence electrons. The van der Waals surface area contributed by atoms with Crippen LogP contribution in [0, 0.1) is 0 Å². The molecule has 2 aromatic rings. The monoisotopic (exact) mass is 638 g/mol. The number of anilines is 2. The van der Waals surface area contributed by atoms with Crippen molar-refractivity contribution >= 4 is 43.4 Å². The summed E-state index contributed by atoms with van der Waals surface area (Å²) >= 11 is 0. The van der Waals surface area contributed by atoms with Crippen LogP contribution in [0.25, 0.3) is 0 Å². The second kappa shape index (κ2) is 14.6. The minimum atomic E-state index is -4.14. The average molecular weight is 639 g/mol. The number of nitrogens with one attached hydrogen (secondary N) is 2. The number of hydrogen-bond donors (Lipinski definition) is 4. The lowest BCUT2D eigenvalue weighted by Crippen LogP contribution is -2.21. The molecule has 0 saturated heterocycles. The summed E-state index contributed by atoms with van der Waals surface area (Å²) in [5.74, 6) is -1.28. The number of carbonyl (C=O) groups is 2. The van der Waals surface area contributed by atoms with Crippen LogP contribution in [-0.4, -0.2) is 62.5 Å². The summed E-state index contributed by atoms with van der Waals surface area (Å²) < 4.78 is 73.4. The summed E-state index contributed by atoms with van der Waals surface area (Å²) in [6.45, 7) is 14.2. The van der Waals surface area contributed by atoms with E-state index in [1.807, 2.05) is 13.8 Å². The Balaban J connectivity index is 2.45. The lowest BCUT2D eigenvalue weighted by Gasteiger charge is -2.28. The molecule has 14 heteroatoms. The lowest BCUT2D eigenvalue weighted by atomic mass is 9.77. The number of amides is 2. The molecule has 0 unspecified atom stereocenters. The number of benzene rings is 2.